The first-order valence-electron chi connectivity index (χ1n) is 8.45. The first kappa shape index (κ1) is 19.3. The topological polar surface area (TPSA) is 109 Å². The lowest BCUT2D eigenvalue weighted by Crippen LogP contribution is -2.57. The molecular weight excluding hydrogens is 370 g/mol. The Bertz CT molecular complexity index is 892. The quantitative estimate of drug-likeness (QED) is 0.589. The minimum atomic E-state index is -4.01. The maximum absolute atomic E-state index is 13.2. The largest absolute Gasteiger partial charge is 0.456 e. The summed E-state index contributed by atoms with van der Waals surface area (Å²) in [6, 6.07) is 9.33. The van der Waals surface area contributed by atoms with Crippen LogP contribution in [-0.2, 0) is 14.6 Å². The van der Waals surface area contributed by atoms with Crippen LogP contribution < -0.4 is 10.2 Å². The molecule has 1 aromatic carbocycles. The van der Waals surface area contributed by atoms with Crippen LogP contribution in [0, 0.1) is 0 Å². The summed E-state index contributed by atoms with van der Waals surface area (Å²) in [4.78, 5) is 18.2. The number of aromatic nitrogens is 1. The number of hydroxylamine groups is 1. The van der Waals surface area contributed by atoms with Crippen LogP contribution >= 0.6 is 0 Å². The van der Waals surface area contributed by atoms with Crippen molar-refractivity contribution in [3.05, 3.63) is 48.8 Å². The van der Waals surface area contributed by atoms with Crippen LogP contribution in [0.15, 0.2) is 53.7 Å². The third-order valence-corrected chi connectivity index (χ3v) is 7.34. The smallest absolute Gasteiger partial charge is 0.265 e. The summed E-state index contributed by atoms with van der Waals surface area (Å²) in [6.07, 6.45) is 3.37. The van der Waals surface area contributed by atoms with Gasteiger partial charge in [-0.25, -0.2) is 13.9 Å². The maximum atomic E-state index is 13.2. The summed E-state index contributed by atoms with van der Waals surface area (Å²) in [6.45, 7) is 0.879. The number of hydrogen-bond donors (Lipinski definition) is 2. The van der Waals surface area contributed by atoms with Crippen molar-refractivity contribution in [2.75, 3.05) is 20.1 Å². The molecule has 0 radical (unpaired) electrons. The number of nitrogens with one attached hydrogen (secondary N) is 1. The molecule has 1 amide bonds. The number of hydrogen-bond acceptors (Lipinski definition) is 7. The van der Waals surface area contributed by atoms with Crippen LogP contribution in [0.3, 0.4) is 0 Å². The average Bonchev–Trinajstić information content (AvgIpc) is 2.69. The molecule has 1 fully saturated rings. The van der Waals surface area contributed by atoms with Gasteiger partial charge in [0.15, 0.2) is 14.6 Å². The fraction of sp³-hybridized carbons (Fsp3) is 0.333. The molecular formula is C18H21N3O5S. The fourth-order valence-corrected chi connectivity index (χ4v) is 5.11. The van der Waals surface area contributed by atoms with Crippen molar-refractivity contribution >= 4 is 15.7 Å². The third-order valence-electron chi connectivity index (χ3n) is 4.83. The van der Waals surface area contributed by atoms with E-state index in [0.29, 0.717) is 24.6 Å². The molecule has 2 heterocycles. The molecule has 3 rings (SSSR count). The lowest BCUT2D eigenvalue weighted by molar-refractivity contribution is -0.133. The number of nitrogens with zero attached hydrogens (tertiary/aromatic N) is 2. The second kappa shape index (κ2) is 7.63. The minimum Gasteiger partial charge on any atom is -0.456 e. The van der Waals surface area contributed by atoms with Crippen molar-refractivity contribution in [3.63, 3.8) is 0 Å². The predicted octanol–water partition coefficient (Wildman–Crippen LogP) is 1.62. The lowest BCUT2D eigenvalue weighted by Gasteiger charge is -2.38. The van der Waals surface area contributed by atoms with Gasteiger partial charge in [0, 0.05) is 6.20 Å². The summed E-state index contributed by atoms with van der Waals surface area (Å²) >= 11 is 0. The highest BCUT2D eigenvalue weighted by Crippen LogP contribution is 2.36. The molecule has 1 aliphatic heterocycles. The second-order valence-corrected chi connectivity index (χ2v) is 8.76. The number of ether oxygens (including phenoxy) is 1. The van der Waals surface area contributed by atoms with Gasteiger partial charge >= 0.3 is 0 Å². The molecule has 27 heavy (non-hydrogen) atoms. The van der Waals surface area contributed by atoms with Crippen molar-refractivity contribution in [1.29, 1.82) is 0 Å². The van der Waals surface area contributed by atoms with Gasteiger partial charge in [0.05, 0.1) is 11.1 Å². The predicted molar refractivity (Wildman–Crippen MR) is 97.3 cm³/mol. The van der Waals surface area contributed by atoms with Crippen molar-refractivity contribution in [3.8, 4) is 11.5 Å². The van der Waals surface area contributed by atoms with Gasteiger partial charge in [-0.05, 0) is 69.4 Å². The molecule has 2 aromatic rings. The van der Waals surface area contributed by atoms with Crippen LogP contribution in [0.2, 0.25) is 0 Å². The molecule has 0 aliphatic carbocycles. The van der Waals surface area contributed by atoms with E-state index in [0.717, 1.165) is 0 Å². The number of pyridine rings is 1. The van der Waals surface area contributed by atoms with Crippen molar-refractivity contribution in [2.45, 2.75) is 22.5 Å². The number of rotatable bonds is 5. The molecule has 0 atom stereocenters. The molecule has 0 bridgehead atoms. The van der Waals surface area contributed by atoms with E-state index in [1.807, 2.05) is 11.9 Å². The van der Waals surface area contributed by atoms with Gasteiger partial charge in [-0.15, -0.1) is 0 Å². The highest BCUT2D eigenvalue weighted by Gasteiger charge is 2.52. The first-order valence-corrected chi connectivity index (χ1v) is 9.93. The number of amides is 1. The summed E-state index contributed by atoms with van der Waals surface area (Å²) in [5, 5.41) is 9.13. The molecule has 8 nitrogen and oxygen atoms in total. The number of likely N-dealkylation sites (tertiary alicyclic amines) is 1. The minimum absolute atomic E-state index is 0.00851. The zero-order chi connectivity index (χ0) is 19.5. The Morgan fingerprint density at radius 1 is 1.19 bits per heavy atom. The molecule has 1 aliphatic rings. The van der Waals surface area contributed by atoms with E-state index in [1.165, 1.54) is 24.3 Å². The zero-order valence-electron chi connectivity index (χ0n) is 14.8. The van der Waals surface area contributed by atoms with E-state index in [4.69, 9.17) is 9.94 Å². The highest BCUT2D eigenvalue weighted by atomic mass is 32.2. The van der Waals surface area contributed by atoms with Crippen LogP contribution in [-0.4, -0.2) is 54.3 Å². The molecule has 0 spiro atoms. The molecule has 1 aromatic heterocycles. The van der Waals surface area contributed by atoms with E-state index in [9.17, 15) is 13.2 Å². The van der Waals surface area contributed by atoms with E-state index in [-0.39, 0.29) is 17.7 Å². The Morgan fingerprint density at radius 2 is 1.85 bits per heavy atom. The molecule has 2 N–H and O–H groups in total. The highest BCUT2D eigenvalue weighted by molar-refractivity contribution is 7.93. The van der Waals surface area contributed by atoms with Gasteiger partial charge in [-0.2, -0.15) is 0 Å². The standard InChI is InChI=1S/C18H21N3O5S/c1-21-11-8-18(9-12-21,17(22)20-23)27(24,25)16-6-4-14(5-7-16)26-15-3-2-10-19-13-15/h2-7,10,13,23H,8-9,11-12H2,1H3,(H,20,22). The van der Waals surface area contributed by atoms with Crippen molar-refractivity contribution in [2.24, 2.45) is 0 Å². The van der Waals surface area contributed by atoms with Crippen molar-refractivity contribution < 1.29 is 23.2 Å². The summed E-state index contributed by atoms with van der Waals surface area (Å²) in [5.74, 6) is 0.0804. The summed E-state index contributed by atoms with van der Waals surface area (Å²) < 4.78 is 30.4. The number of carbonyl (C=O) groups is 1. The van der Waals surface area contributed by atoms with Gasteiger partial charge in [0.1, 0.15) is 11.5 Å². The number of piperidine rings is 1. The Hall–Kier alpha value is -2.49. The second-order valence-electron chi connectivity index (χ2n) is 6.50. The van der Waals surface area contributed by atoms with Gasteiger partial charge in [0.25, 0.3) is 5.91 Å². The number of benzene rings is 1. The van der Waals surface area contributed by atoms with Crippen molar-refractivity contribution in [1.82, 2.24) is 15.4 Å². The number of carbonyl (C=O) groups excluding carboxylic acids is 1. The van der Waals surface area contributed by atoms with Crippen LogP contribution in [0.1, 0.15) is 12.8 Å². The zero-order valence-corrected chi connectivity index (χ0v) is 15.6. The van der Waals surface area contributed by atoms with Gasteiger partial charge < -0.3 is 9.64 Å². The Balaban J connectivity index is 1.89. The molecule has 0 unspecified atom stereocenters. The average molecular weight is 391 g/mol. The molecule has 144 valence electrons. The van der Waals surface area contributed by atoms with Gasteiger partial charge in [-0.1, -0.05) is 0 Å². The number of sulfone groups is 1. The Labute approximate surface area is 157 Å². The maximum Gasteiger partial charge on any atom is 0.265 e. The van der Waals surface area contributed by atoms with E-state index >= 15 is 0 Å². The fourth-order valence-electron chi connectivity index (χ4n) is 3.16. The van der Waals surface area contributed by atoms with Gasteiger partial charge in [-0.3, -0.25) is 15.0 Å². The van der Waals surface area contributed by atoms with E-state index in [2.05, 4.69) is 4.98 Å². The van der Waals surface area contributed by atoms with Crippen LogP contribution in [0.4, 0.5) is 0 Å². The van der Waals surface area contributed by atoms with E-state index < -0.39 is 20.5 Å². The Morgan fingerprint density at radius 3 is 2.41 bits per heavy atom. The Kier molecular flexibility index (Phi) is 5.45. The first-order chi connectivity index (χ1) is 12.9. The molecule has 0 saturated carbocycles. The SMILES string of the molecule is CN1CCC(C(=O)NO)(S(=O)(=O)c2ccc(Oc3cccnc3)cc2)CC1. The summed E-state index contributed by atoms with van der Waals surface area (Å²) in [7, 11) is -2.16. The molecule has 1 saturated heterocycles. The van der Waals surface area contributed by atoms with Gasteiger partial charge in [0.2, 0.25) is 0 Å². The monoisotopic (exact) mass is 391 g/mol. The lowest BCUT2D eigenvalue weighted by atomic mass is 9.95. The molecule has 9 heteroatoms. The normalized spacial score (nSPS) is 17.3. The van der Waals surface area contributed by atoms with Crippen LogP contribution in [0.5, 0.6) is 11.5 Å². The van der Waals surface area contributed by atoms with Crippen LogP contribution in [0.25, 0.3) is 0 Å². The summed E-state index contributed by atoms with van der Waals surface area (Å²) in [5.41, 5.74) is 1.54. The van der Waals surface area contributed by atoms with E-state index in [1.54, 1.807) is 30.0 Å². The third kappa shape index (κ3) is 3.66.